The van der Waals surface area contributed by atoms with Gasteiger partial charge in [0.25, 0.3) is 11.8 Å². The smallest absolute Gasteiger partial charge is 0.313 e. The maximum absolute atomic E-state index is 13.3. The van der Waals surface area contributed by atoms with Gasteiger partial charge in [0.1, 0.15) is 0 Å². The van der Waals surface area contributed by atoms with Crippen molar-refractivity contribution in [3.8, 4) is 11.1 Å². The van der Waals surface area contributed by atoms with E-state index < -0.39 is 32.9 Å². The van der Waals surface area contributed by atoms with Gasteiger partial charge in [-0.15, -0.1) is 0 Å². The van der Waals surface area contributed by atoms with Gasteiger partial charge in [-0.1, -0.05) is 52.0 Å². The van der Waals surface area contributed by atoms with Crippen molar-refractivity contribution in [2.75, 3.05) is 10.6 Å². The number of hydrogen-bond donors (Lipinski definition) is 2. The molecule has 40 heavy (non-hydrogen) atoms. The van der Waals surface area contributed by atoms with Crippen LogP contribution in [0.2, 0.25) is 0 Å². The molecule has 8 nitrogen and oxygen atoms in total. The van der Waals surface area contributed by atoms with Crippen LogP contribution in [-0.2, 0) is 28.7 Å². The molecule has 4 aliphatic rings. The van der Waals surface area contributed by atoms with Gasteiger partial charge in [-0.25, -0.2) is 0 Å². The standard InChI is InChI=1S/C32H36N2O6/c1-27(2)29(5)15-17-31(27,39-25(29)37)23(35)33-21-11-7-19(8-12-21)20-9-13-22(14-10-20)34-24(36)32-18-16-30(6,26(38)40-32)28(32,3)4/h7-14H,15-18H2,1-6H3,(H,33,35)(H,34,36). The van der Waals surface area contributed by atoms with E-state index in [1.165, 1.54) is 0 Å². The van der Waals surface area contributed by atoms with E-state index in [1.54, 1.807) is 0 Å². The second-order valence-corrected chi connectivity index (χ2v) is 13.4. The Labute approximate surface area is 234 Å². The molecule has 4 bridgehead atoms. The van der Waals surface area contributed by atoms with Crippen molar-refractivity contribution in [2.24, 2.45) is 21.7 Å². The number of nitrogens with one attached hydrogen (secondary N) is 2. The van der Waals surface area contributed by atoms with Gasteiger partial charge < -0.3 is 20.1 Å². The number of benzene rings is 2. The van der Waals surface area contributed by atoms with Crippen molar-refractivity contribution >= 4 is 35.1 Å². The average molecular weight is 545 g/mol. The van der Waals surface area contributed by atoms with Crippen molar-refractivity contribution in [1.82, 2.24) is 0 Å². The largest absolute Gasteiger partial charge is 0.448 e. The fourth-order valence-electron chi connectivity index (χ4n) is 7.45. The first kappa shape index (κ1) is 26.5. The molecule has 2 amide bonds. The molecule has 2 N–H and O–H groups in total. The molecule has 2 aromatic carbocycles. The van der Waals surface area contributed by atoms with Crippen LogP contribution in [0.1, 0.15) is 67.2 Å². The lowest BCUT2D eigenvalue weighted by Crippen LogP contribution is -2.50. The van der Waals surface area contributed by atoms with E-state index >= 15 is 0 Å². The first-order chi connectivity index (χ1) is 18.6. The van der Waals surface area contributed by atoms with Crippen LogP contribution in [0.4, 0.5) is 11.4 Å². The Bertz CT molecular complexity index is 1350. The predicted octanol–water partition coefficient (Wildman–Crippen LogP) is 5.47. The number of hydrogen-bond acceptors (Lipinski definition) is 6. The first-order valence-corrected chi connectivity index (χ1v) is 13.9. The van der Waals surface area contributed by atoms with E-state index in [-0.39, 0.29) is 23.8 Å². The van der Waals surface area contributed by atoms with Crippen molar-refractivity contribution in [2.45, 2.75) is 78.4 Å². The molecule has 8 heteroatoms. The van der Waals surface area contributed by atoms with Gasteiger partial charge in [0.2, 0.25) is 0 Å². The molecule has 4 fully saturated rings. The normalized spacial score (nSPS) is 34.4. The molecular formula is C32H36N2O6. The molecule has 2 heterocycles. The molecular weight excluding hydrogens is 508 g/mol. The Morgan fingerprint density at radius 1 is 0.575 bits per heavy atom. The highest BCUT2D eigenvalue weighted by molar-refractivity contribution is 6.04. The highest BCUT2D eigenvalue weighted by Crippen LogP contribution is 2.66. The highest BCUT2D eigenvalue weighted by atomic mass is 16.6. The van der Waals surface area contributed by atoms with Gasteiger partial charge in [0, 0.05) is 22.2 Å². The molecule has 2 aliphatic carbocycles. The summed E-state index contributed by atoms with van der Waals surface area (Å²) in [5.74, 6) is -1.19. The molecule has 4 atom stereocenters. The van der Waals surface area contributed by atoms with Gasteiger partial charge in [-0.05, 0) is 74.9 Å². The predicted molar refractivity (Wildman–Crippen MR) is 149 cm³/mol. The van der Waals surface area contributed by atoms with Crippen LogP contribution < -0.4 is 10.6 Å². The van der Waals surface area contributed by atoms with Crippen molar-refractivity contribution in [3.63, 3.8) is 0 Å². The van der Waals surface area contributed by atoms with Crippen LogP contribution in [0.25, 0.3) is 11.1 Å². The van der Waals surface area contributed by atoms with Gasteiger partial charge >= 0.3 is 11.9 Å². The lowest BCUT2D eigenvalue weighted by molar-refractivity contribution is -0.166. The number of carbonyl (C=O) groups excluding carboxylic acids is 4. The molecule has 4 unspecified atom stereocenters. The Morgan fingerprint density at radius 3 is 1.15 bits per heavy atom. The molecule has 0 aromatic heterocycles. The van der Waals surface area contributed by atoms with Crippen LogP contribution in [0.5, 0.6) is 0 Å². The summed E-state index contributed by atoms with van der Waals surface area (Å²) in [5.41, 5.74) is -1.75. The average Bonchev–Trinajstić information content (AvgIpc) is 3.38. The zero-order chi connectivity index (χ0) is 28.9. The number of esters is 2. The minimum absolute atomic E-state index is 0.293. The molecule has 2 aromatic rings. The van der Waals surface area contributed by atoms with Crippen LogP contribution >= 0.6 is 0 Å². The first-order valence-electron chi connectivity index (χ1n) is 13.9. The van der Waals surface area contributed by atoms with Gasteiger partial charge in [-0.2, -0.15) is 0 Å². The van der Waals surface area contributed by atoms with E-state index in [0.29, 0.717) is 37.1 Å². The summed E-state index contributed by atoms with van der Waals surface area (Å²) < 4.78 is 11.4. The summed E-state index contributed by atoms with van der Waals surface area (Å²) in [6.45, 7) is 11.5. The maximum Gasteiger partial charge on any atom is 0.313 e. The van der Waals surface area contributed by atoms with E-state index in [2.05, 4.69) is 10.6 Å². The molecule has 2 saturated heterocycles. The number of rotatable bonds is 5. The third-order valence-corrected chi connectivity index (χ3v) is 11.5. The summed E-state index contributed by atoms with van der Waals surface area (Å²) in [7, 11) is 0. The SMILES string of the molecule is CC12CCC(C(=O)Nc3ccc(-c4ccc(NC(=O)C56CCC(C)(C(=O)O5)C6(C)C)cc4)cc3)(OC1=O)C2(C)C. The molecule has 2 saturated carbocycles. The fourth-order valence-corrected chi connectivity index (χ4v) is 7.45. The molecule has 0 spiro atoms. The summed E-state index contributed by atoms with van der Waals surface area (Å²) in [5, 5.41) is 5.91. The Balaban J connectivity index is 1.13. The van der Waals surface area contributed by atoms with Crippen LogP contribution in [0.3, 0.4) is 0 Å². The number of anilines is 2. The van der Waals surface area contributed by atoms with Crippen LogP contribution in [0, 0.1) is 21.7 Å². The van der Waals surface area contributed by atoms with E-state index in [4.69, 9.17) is 9.47 Å². The van der Waals surface area contributed by atoms with E-state index in [9.17, 15) is 19.2 Å². The van der Waals surface area contributed by atoms with Crippen LogP contribution in [-0.4, -0.2) is 35.0 Å². The molecule has 0 radical (unpaired) electrons. The van der Waals surface area contributed by atoms with Crippen molar-refractivity contribution in [1.29, 1.82) is 0 Å². The Hall–Kier alpha value is -3.68. The molecule has 6 rings (SSSR count). The van der Waals surface area contributed by atoms with Crippen molar-refractivity contribution < 1.29 is 28.7 Å². The highest BCUT2D eigenvalue weighted by Gasteiger charge is 2.76. The second-order valence-electron chi connectivity index (χ2n) is 13.4. The van der Waals surface area contributed by atoms with Crippen molar-refractivity contribution in [3.05, 3.63) is 48.5 Å². The Morgan fingerprint density at radius 2 is 0.900 bits per heavy atom. The quantitative estimate of drug-likeness (QED) is 0.483. The lowest BCUT2D eigenvalue weighted by atomic mass is 9.66. The number of carbonyl (C=O) groups is 4. The third kappa shape index (κ3) is 3.02. The van der Waals surface area contributed by atoms with E-state index in [1.807, 2.05) is 90.1 Å². The molecule has 2 aliphatic heterocycles. The summed E-state index contributed by atoms with van der Waals surface area (Å²) in [6, 6.07) is 14.9. The minimum atomic E-state index is -1.17. The van der Waals surface area contributed by atoms with E-state index in [0.717, 1.165) is 11.1 Å². The maximum atomic E-state index is 13.3. The molecule has 210 valence electrons. The number of amides is 2. The third-order valence-electron chi connectivity index (χ3n) is 11.5. The summed E-state index contributed by atoms with van der Waals surface area (Å²) in [6.07, 6.45) is 2.28. The summed E-state index contributed by atoms with van der Waals surface area (Å²) in [4.78, 5) is 51.7. The second kappa shape index (κ2) is 7.95. The monoisotopic (exact) mass is 544 g/mol. The van der Waals surface area contributed by atoms with Gasteiger partial charge in [0.15, 0.2) is 11.2 Å². The number of ether oxygens (including phenoxy) is 2. The zero-order valence-electron chi connectivity index (χ0n) is 23.9. The fraction of sp³-hybridized carbons (Fsp3) is 0.500. The minimum Gasteiger partial charge on any atom is -0.448 e. The van der Waals surface area contributed by atoms with Gasteiger partial charge in [-0.3, -0.25) is 19.2 Å². The van der Waals surface area contributed by atoms with Crippen LogP contribution in [0.15, 0.2) is 48.5 Å². The topological polar surface area (TPSA) is 111 Å². The zero-order valence-corrected chi connectivity index (χ0v) is 23.9. The lowest BCUT2D eigenvalue weighted by Gasteiger charge is -2.35. The summed E-state index contributed by atoms with van der Waals surface area (Å²) >= 11 is 0. The Kier molecular flexibility index (Phi) is 5.28. The number of fused-ring (bicyclic) bond motifs is 4. The van der Waals surface area contributed by atoms with Gasteiger partial charge in [0.05, 0.1) is 10.8 Å².